The van der Waals surface area contributed by atoms with Crippen LogP contribution in [-0.2, 0) is 9.53 Å². The minimum atomic E-state index is 0.241. The second-order valence-electron chi connectivity index (χ2n) is 6.53. The van der Waals surface area contributed by atoms with Crippen LogP contribution in [0.2, 0.25) is 0 Å². The van der Waals surface area contributed by atoms with Crippen LogP contribution >= 0.6 is 0 Å². The Balaban J connectivity index is 1.53. The normalized spacial score (nSPS) is 21.9. The van der Waals surface area contributed by atoms with E-state index < -0.39 is 0 Å². The van der Waals surface area contributed by atoms with Crippen molar-refractivity contribution >= 4 is 5.91 Å². The van der Waals surface area contributed by atoms with Crippen molar-refractivity contribution in [3.63, 3.8) is 0 Å². The van der Waals surface area contributed by atoms with Crippen LogP contribution in [0.5, 0.6) is 0 Å². The first kappa shape index (κ1) is 17.7. The molecule has 2 rings (SSSR count). The standard InChI is InChI=1S/C17H33N3O2/c1-2-22-15-14-20-12-10-19(11-13-20)9-8-17(21)18-16-6-4-3-5-7-16/h16H,2-15H2,1H3,(H,18,21). The van der Waals surface area contributed by atoms with Crippen molar-refractivity contribution in [3.05, 3.63) is 0 Å². The van der Waals surface area contributed by atoms with E-state index in [0.717, 1.165) is 52.5 Å². The van der Waals surface area contributed by atoms with Gasteiger partial charge in [-0.3, -0.25) is 9.69 Å². The molecule has 2 aliphatic rings. The summed E-state index contributed by atoms with van der Waals surface area (Å²) in [5, 5.41) is 3.21. The molecule has 2 fully saturated rings. The number of ether oxygens (including phenoxy) is 1. The third-order valence-electron chi connectivity index (χ3n) is 4.85. The van der Waals surface area contributed by atoms with Gasteiger partial charge in [0.1, 0.15) is 0 Å². The smallest absolute Gasteiger partial charge is 0.221 e. The van der Waals surface area contributed by atoms with Gasteiger partial charge in [-0.25, -0.2) is 0 Å². The summed E-state index contributed by atoms with van der Waals surface area (Å²) in [6.07, 6.45) is 6.87. The first-order chi connectivity index (χ1) is 10.8. The monoisotopic (exact) mass is 311 g/mol. The fourth-order valence-electron chi connectivity index (χ4n) is 3.38. The van der Waals surface area contributed by atoms with Crippen LogP contribution in [0.15, 0.2) is 0 Å². The average molecular weight is 311 g/mol. The van der Waals surface area contributed by atoms with Crippen LogP contribution < -0.4 is 5.32 Å². The first-order valence-corrected chi connectivity index (χ1v) is 9.09. The van der Waals surface area contributed by atoms with E-state index in [4.69, 9.17) is 4.74 Å². The Morgan fingerprint density at radius 3 is 2.32 bits per heavy atom. The Morgan fingerprint density at radius 2 is 1.68 bits per heavy atom. The number of hydrogen-bond donors (Lipinski definition) is 1. The number of carbonyl (C=O) groups excluding carboxylic acids is 1. The molecule has 1 amide bonds. The van der Waals surface area contributed by atoms with Crippen molar-refractivity contribution in [2.75, 3.05) is 52.5 Å². The molecule has 128 valence electrons. The van der Waals surface area contributed by atoms with Gasteiger partial charge in [0.05, 0.1) is 6.61 Å². The van der Waals surface area contributed by atoms with E-state index in [2.05, 4.69) is 15.1 Å². The maximum atomic E-state index is 12.0. The lowest BCUT2D eigenvalue weighted by Crippen LogP contribution is -2.48. The lowest BCUT2D eigenvalue weighted by molar-refractivity contribution is -0.122. The molecule has 0 aromatic rings. The highest BCUT2D eigenvalue weighted by atomic mass is 16.5. The van der Waals surface area contributed by atoms with Gasteiger partial charge >= 0.3 is 0 Å². The number of piperazine rings is 1. The molecule has 0 unspecified atom stereocenters. The minimum Gasteiger partial charge on any atom is -0.380 e. The predicted molar refractivity (Wildman–Crippen MR) is 89.0 cm³/mol. The number of carbonyl (C=O) groups is 1. The molecule has 0 spiro atoms. The van der Waals surface area contributed by atoms with E-state index in [0.29, 0.717) is 12.5 Å². The van der Waals surface area contributed by atoms with Gasteiger partial charge in [-0.2, -0.15) is 0 Å². The molecule has 1 saturated carbocycles. The fourth-order valence-corrected chi connectivity index (χ4v) is 3.38. The highest BCUT2D eigenvalue weighted by molar-refractivity contribution is 5.76. The summed E-state index contributed by atoms with van der Waals surface area (Å²) in [7, 11) is 0. The topological polar surface area (TPSA) is 44.8 Å². The zero-order valence-electron chi connectivity index (χ0n) is 14.2. The van der Waals surface area contributed by atoms with Gasteiger partial charge < -0.3 is 15.0 Å². The summed E-state index contributed by atoms with van der Waals surface area (Å²) >= 11 is 0. The second kappa shape index (κ2) is 10.2. The third-order valence-corrected chi connectivity index (χ3v) is 4.85. The average Bonchev–Trinajstić information content (AvgIpc) is 2.55. The first-order valence-electron chi connectivity index (χ1n) is 9.09. The number of hydrogen-bond acceptors (Lipinski definition) is 4. The van der Waals surface area contributed by atoms with E-state index in [-0.39, 0.29) is 5.91 Å². The molecule has 1 aliphatic carbocycles. The van der Waals surface area contributed by atoms with Gasteiger partial charge in [0, 0.05) is 58.3 Å². The van der Waals surface area contributed by atoms with Gasteiger partial charge in [-0.15, -0.1) is 0 Å². The second-order valence-corrected chi connectivity index (χ2v) is 6.53. The Hall–Kier alpha value is -0.650. The highest BCUT2D eigenvalue weighted by Gasteiger charge is 2.19. The summed E-state index contributed by atoms with van der Waals surface area (Å²) < 4.78 is 5.41. The summed E-state index contributed by atoms with van der Waals surface area (Å²) in [5.74, 6) is 0.241. The van der Waals surface area contributed by atoms with Crippen LogP contribution in [0, 0.1) is 0 Å². The third kappa shape index (κ3) is 6.63. The molecule has 1 saturated heterocycles. The molecular formula is C17H33N3O2. The highest BCUT2D eigenvalue weighted by Crippen LogP contribution is 2.17. The largest absolute Gasteiger partial charge is 0.380 e. The molecule has 0 aromatic carbocycles. The van der Waals surface area contributed by atoms with Crippen molar-refractivity contribution in [3.8, 4) is 0 Å². The van der Waals surface area contributed by atoms with E-state index in [1.165, 1.54) is 32.1 Å². The van der Waals surface area contributed by atoms with Crippen LogP contribution in [0.1, 0.15) is 45.4 Å². The zero-order chi connectivity index (χ0) is 15.6. The molecule has 0 bridgehead atoms. The van der Waals surface area contributed by atoms with Crippen molar-refractivity contribution in [1.82, 2.24) is 15.1 Å². The van der Waals surface area contributed by atoms with Crippen LogP contribution in [-0.4, -0.2) is 74.2 Å². The molecule has 5 heteroatoms. The molecule has 0 atom stereocenters. The maximum absolute atomic E-state index is 12.0. The molecule has 0 radical (unpaired) electrons. The Bertz CT molecular complexity index is 311. The number of nitrogens with zero attached hydrogens (tertiary/aromatic N) is 2. The van der Waals surface area contributed by atoms with Gasteiger partial charge in [0.25, 0.3) is 0 Å². The molecule has 1 N–H and O–H groups in total. The predicted octanol–water partition coefficient (Wildman–Crippen LogP) is 1.48. The van der Waals surface area contributed by atoms with E-state index >= 15 is 0 Å². The molecule has 5 nitrogen and oxygen atoms in total. The molecule has 1 aliphatic heterocycles. The summed E-state index contributed by atoms with van der Waals surface area (Å²) in [6.45, 7) is 9.94. The number of nitrogens with one attached hydrogen (secondary N) is 1. The van der Waals surface area contributed by atoms with E-state index in [1.54, 1.807) is 0 Å². The van der Waals surface area contributed by atoms with E-state index in [1.807, 2.05) is 6.92 Å². The van der Waals surface area contributed by atoms with Crippen LogP contribution in [0.4, 0.5) is 0 Å². The van der Waals surface area contributed by atoms with Gasteiger partial charge in [-0.1, -0.05) is 19.3 Å². The number of amides is 1. The SMILES string of the molecule is CCOCCN1CCN(CCC(=O)NC2CCCCC2)CC1. The molecule has 0 aromatic heterocycles. The van der Waals surface area contributed by atoms with Crippen molar-refractivity contribution in [2.24, 2.45) is 0 Å². The summed E-state index contributed by atoms with van der Waals surface area (Å²) in [6, 6.07) is 0.441. The lowest BCUT2D eigenvalue weighted by atomic mass is 9.95. The van der Waals surface area contributed by atoms with E-state index in [9.17, 15) is 4.79 Å². The van der Waals surface area contributed by atoms with Crippen molar-refractivity contribution in [1.29, 1.82) is 0 Å². The number of rotatable bonds is 8. The zero-order valence-corrected chi connectivity index (χ0v) is 14.2. The van der Waals surface area contributed by atoms with Gasteiger partial charge in [-0.05, 0) is 19.8 Å². The van der Waals surface area contributed by atoms with Gasteiger partial charge in [0.15, 0.2) is 0 Å². The molecule has 22 heavy (non-hydrogen) atoms. The Kier molecular flexibility index (Phi) is 8.20. The van der Waals surface area contributed by atoms with Crippen LogP contribution in [0.3, 0.4) is 0 Å². The van der Waals surface area contributed by atoms with Crippen molar-refractivity contribution < 1.29 is 9.53 Å². The molecular weight excluding hydrogens is 278 g/mol. The summed E-state index contributed by atoms with van der Waals surface area (Å²) in [4.78, 5) is 16.9. The van der Waals surface area contributed by atoms with Crippen LogP contribution in [0.25, 0.3) is 0 Å². The quantitative estimate of drug-likeness (QED) is 0.690. The Morgan fingerprint density at radius 1 is 1.05 bits per heavy atom. The minimum absolute atomic E-state index is 0.241. The lowest BCUT2D eigenvalue weighted by Gasteiger charge is -2.34. The fraction of sp³-hybridized carbons (Fsp3) is 0.941. The molecule has 1 heterocycles. The Labute approximate surface area is 135 Å². The maximum Gasteiger partial charge on any atom is 0.221 e. The van der Waals surface area contributed by atoms with Gasteiger partial charge in [0.2, 0.25) is 5.91 Å². The van der Waals surface area contributed by atoms with Crippen molar-refractivity contribution in [2.45, 2.75) is 51.5 Å². The summed E-state index contributed by atoms with van der Waals surface area (Å²) in [5.41, 5.74) is 0.